The summed E-state index contributed by atoms with van der Waals surface area (Å²) in [6.07, 6.45) is 11.9. The summed E-state index contributed by atoms with van der Waals surface area (Å²) in [6.45, 7) is 7.39. The minimum Gasteiger partial charge on any atom is -0.486 e. The van der Waals surface area contributed by atoms with E-state index in [2.05, 4.69) is 38.4 Å². The minimum absolute atomic E-state index is 0.0555. The predicted octanol–water partition coefficient (Wildman–Crippen LogP) is 2.26. The molecule has 9 nitrogen and oxygen atoms in total. The molecule has 0 bridgehead atoms. The first-order valence-electron chi connectivity index (χ1n) is 13.2. The van der Waals surface area contributed by atoms with Crippen LogP contribution >= 0.6 is 0 Å². The summed E-state index contributed by atoms with van der Waals surface area (Å²) >= 11 is 0. The van der Waals surface area contributed by atoms with Crippen molar-refractivity contribution in [2.24, 2.45) is 11.1 Å². The van der Waals surface area contributed by atoms with Gasteiger partial charge in [-0.1, -0.05) is 11.2 Å². The third kappa shape index (κ3) is 5.22. The molecule has 1 aromatic carbocycles. The van der Waals surface area contributed by atoms with Crippen molar-refractivity contribution >= 4 is 12.1 Å². The van der Waals surface area contributed by atoms with E-state index in [1.165, 1.54) is 18.4 Å². The molecule has 6 rings (SSSR count). The van der Waals surface area contributed by atoms with Crippen molar-refractivity contribution in [3.8, 4) is 11.5 Å². The monoisotopic (exact) mass is 493 g/mol. The third-order valence-electron chi connectivity index (χ3n) is 7.71. The molecule has 0 aliphatic carbocycles. The molecule has 0 spiro atoms. The number of ether oxygens (including phenoxy) is 2. The third-order valence-corrected chi connectivity index (χ3v) is 7.71. The van der Waals surface area contributed by atoms with Gasteiger partial charge in [-0.3, -0.25) is 9.80 Å². The Morgan fingerprint density at radius 2 is 1.92 bits per heavy atom. The number of hydrogen-bond donors (Lipinski definition) is 0. The molecule has 2 atom stereocenters. The normalized spacial score (nSPS) is 25.9. The summed E-state index contributed by atoms with van der Waals surface area (Å²) < 4.78 is 11.4. The van der Waals surface area contributed by atoms with Crippen molar-refractivity contribution in [1.82, 2.24) is 19.8 Å². The second kappa shape index (κ2) is 10.5. The lowest BCUT2D eigenvalue weighted by Crippen LogP contribution is -2.53. The highest BCUT2D eigenvalue weighted by atomic mass is 16.6. The fraction of sp³-hybridized carbons (Fsp3) is 0.556. The number of fused-ring (bicyclic) bond motifs is 2. The Morgan fingerprint density at radius 3 is 2.81 bits per heavy atom. The van der Waals surface area contributed by atoms with Gasteiger partial charge in [0.05, 0.1) is 6.21 Å². The van der Waals surface area contributed by atoms with E-state index in [0.717, 1.165) is 69.3 Å². The number of amides is 1. The maximum absolute atomic E-state index is 13.0. The van der Waals surface area contributed by atoms with Crippen LogP contribution in [0.15, 0.2) is 47.4 Å². The van der Waals surface area contributed by atoms with Crippen LogP contribution in [0.2, 0.25) is 0 Å². The largest absolute Gasteiger partial charge is 0.486 e. The molecule has 2 fully saturated rings. The van der Waals surface area contributed by atoms with Gasteiger partial charge in [0.2, 0.25) is 5.91 Å². The van der Waals surface area contributed by atoms with Gasteiger partial charge in [-0.2, -0.15) is 0 Å². The molecule has 5 aliphatic heterocycles. The maximum atomic E-state index is 13.0. The zero-order valence-corrected chi connectivity index (χ0v) is 20.8. The lowest BCUT2D eigenvalue weighted by atomic mass is 9.91. The highest BCUT2D eigenvalue weighted by Gasteiger charge is 2.28. The molecule has 1 aromatic rings. The van der Waals surface area contributed by atoms with Crippen LogP contribution in [0.3, 0.4) is 0 Å². The van der Waals surface area contributed by atoms with E-state index in [9.17, 15) is 4.79 Å². The van der Waals surface area contributed by atoms with Gasteiger partial charge in [-0.25, -0.2) is 5.01 Å². The first kappa shape index (κ1) is 23.4. The lowest BCUT2D eigenvalue weighted by Gasteiger charge is -2.40. The molecule has 0 N–H and O–H groups in total. The molecule has 192 valence electrons. The topological polar surface area (TPSA) is 70.1 Å². The van der Waals surface area contributed by atoms with Crippen molar-refractivity contribution in [3.63, 3.8) is 0 Å². The molecule has 2 saturated heterocycles. The molecule has 0 radical (unpaired) electrons. The van der Waals surface area contributed by atoms with Crippen LogP contribution in [0.25, 0.3) is 0 Å². The Balaban J connectivity index is 0.943. The van der Waals surface area contributed by atoms with Crippen LogP contribution in [0.1, 0.15) is 24.8 Å². The van der Waals surface area contributed by atoms with Crippen molar-refractivity contribution in [2.75, 3.05) is 59.0 Å². The maximum Gasteiger partial charge on any atom is 0.223 e. The number of carbonyl (C=O) groups is 1. The van der Waals surface area contributed by atoms with Crippen LogP contribution in [0, 0.1) is 5.92 Å². The Bertz CT molecular complexity index is 1050. The Labute approximate surface area is 212 Å². The number of piperidine rings is 1. The fourth-order valence-electron chi connectivity index (χ4n) is 5.74. The molecule has 0 saturated carbocycles. The number of nitrogens with zero attached hydrogens (tertiary/aromatic N) is 5. The van der Waals surface area contributed by atoms with Crippen LogP contribution in [0.5, 0.6) is 11.5 Å². The summed E-state index contributed by atoms with van der Waals surface area (Å²) in [4.78, 5) is 22.7. The number of hydrazine groups is 1. The molecule has 1 amide bonds. The van der Waals surface area contributed by atoms with Gasteiger partial charge in [-0.05, 0) is 55.5 Å². The van der Waals surface area contributed by atoms with Gasteiger partial charge in [0.15, 0.2) is 17.6 Å². The summed E-state index contributed by atoms with van der Waals surface area (Å²) in [6, 6.07) is 6.34. The van der Waals surface area contributed by atoms with E-state index in [4.69, 9.17) is 14.3 Å². The van der Waals surface area contributed by atoms with E-state index < -0.39 is 0 Å². The van der Waals surface area contributed by atoms with E-state index >= 15 is 0 Å². The quantitative estimate of drug-likeness (QED) is 0.602. The lowest BCUT2D eigenvalue weighted by molar-refractivity contribution is -0.135. The molecule has 5 heterocycles. The number of oxime groups is 1. The number of piperazine rings is 1. The molecule has 0 aromatic heterocycles. The van der Waals surface area contributed by atoms with Gasteiger partial charge < -0.3 is 24.1 Å². The second-order valence-corrected chi connectivity index (χ2v) is 10.2. The fourth-order valence-corrected chi connectivity index (χ4v) is 5.74. The van der Waals surface area contributed by atoms with Gasteiger partial charge >= 0.3 is 0 Å². The number of rotatable bonds is 6. The Morgan fingerprint density at radius 1 is 1.06 bits per heavy atom. The van der Waals surface area contributed by atoms with Crippen LogP contribution in [-0.4, -0.2) is 97.1 Å². The van der Waals surface area contributed by atoms with Crippen LogP contribution in [0.4, 0.5) is 0 Å². The predicted molar refractivity (Wildman–Crippen MR) is 135 cm³/mol. The molecular weight excluding hydrogens is 458 g/mol. The molecule has 9 heteroatoms. The highest BCUT2D eigenvalue weighted by Crippen LogP contribution is 2.32. The standard InChI is InChI=1S/C27H35N5O4/c33-27(30-10-12-31(13-11-30)32-9-5-24-23(20-32)18-28-36-24)6-8-29-7-1-2-22(19-29)16-21-3-4-25-26(17-21)35-15-14-34-25/h3-5,9,17-18,20,22,24H,1-2,6-8,10-16,19H2. The number of carbonyl (C=O) groups excluding carboxylic acids is 1. The summed E-state index contributed by atoms with van der Waals surface area (Å²) in [5.74, 6) is 2.61. The number of benzene rings is 1. The SMILES string of the molecule is O=C(CCN1CCCC(Cc2ccc3c(c2)OCCO3)C1)N1CCN(N2C=CC3ON=CC3=C2)CC1. The summed E-state index contributed by atoms with van der Waals surface area (Å²) in [5.41, 5.74) is 2.37. The molecule has 2 unspecified atom stereocenters. The summed E-state index contributed by atoms with van der Waals surface area (Å²) in [5, 5.41) is 8.25. The van der Waals surface area contributed by atoms with Gasteiger partial charge in [0.25, 0.3) is 0 Å². The Kier molecular flexibility index (Phi) is 6.83. The second-order valence-electron chi connectivity index (χ2n) is 10.2. The van der Waals surface area contributed by atoms with Crippen LogP contribution in [-0.2, 0) is 16.1 Å². The zero-order chi connectivity index (χ0) is 24.3. The Hall–Kier alpha value is -3.04. The number of hydrogen-bond acceptors (Lipinski definition) is 8. The van der Waals surface area contributed by atoms with Gasteiger partial charge in [-0.15, -0.1) is 0 Å². The van der Waals surface area contributed by atoms with Crippen molar-refractivity contribution in [1.29, 1.82) is 0 Å². The highest BCUT2D eigenvalue weighted by molar-refractivity contribution is 5.82. The summed E-state index contributed by atoms with van der Waals surface area (Å²) in [7, 11) is 0. The first-order chi connectivity index (χ1) is 17.7. The average Bonchev–Trinajstić information content (AvgIpc) is 3.40. The average molecular weight is 494 g/mol. The minimum atomic E-state index is -0.0555. The zero-order valence-electron chi connectivity index (χ0n) is 20.8. The smallest absolute Gasteiger partial charge is 0.223 e. The number of likely N-dealkylation sites (tertiary alicyclic amines) is 1. The molecule has 5 aliphatic rings. The first-order valence-corrected chi connectivity index (χ1v) is 13.2. The van der Waals surface area contributed by atoms with Crippen molar-refractivity contribution < 1.29 is 19.1 Å². The van der Waals surface area contributed by atoms with Crippen molar-refractivity contribution in [2.45, 2.75) is 31.8 Å². The van der Waals surface area contributed by atoms with E-state index in [-0.39, 0.29) is 12.0 Å². The van der Waals surface area contributed by atoms with Crippen molar-refractivity contribution in [3.05, 3.63) is 47.8 Å². The van der Waals surface area contributed by atoms with E-state index in [1.807, 2.05) is 23.2 Å². The van der Waals surface area contributed by atoms with Crippen LogP contribution < -0.4 is 9.47 Å². The van der Waals surface area contributed by atoms with Gasteiger partial charge in [0, 0.05) is 63.7 Å². The molecule has 36 heavy (non-hydrogen) atoms. The van der Waals surface area contributed by atoms with Gasteiger partial charge in [0.1, 0.15) is 13.2 Å². The molecular formula is C27H35N5O4. The van der Waals surface area contributed by atoms with E-state index in [1.54, 1.807) is 6.21 Å². The van der Waals surface area contributed by atoms with E-state index in [0.29, 0.717) is 25.6 Å².